The Bertz CT molecular complexity index is 770. The molecule has 5 nitrogen and oxygen atoms in total. The summed E-state index contributed by atoms with van der Waals surface area (Å²) in [4.78, 5) is 21.7. The van der Waals surface area contributed by atoms with E-state index in [-0.39, 0.29) is 5.91 Å². The number of aromatic nitrogens is 1. The maximum atomic E-state index is 12.4. The van der Waals surface area contributed by atoms with E-state index < -0.39 is 0 Å². The first kappa shape index (κ1) is 19.6. The summed E-state index contributed by atoms with van der Waals surface area (Å²) in [7, 11) is 2.09. The molecule has 1 aromatic carbocycles. The van der Waals surface area contributed by atoms with Gasteiger partial charge in [-0.15, -0.1) is 0 Å². The van der Waals surface area contributed by atoms with Crippen LogP contribution in [0.1, 0.15) is 37.0 Å². The minimum absolute atomic E-state index is 0.191. The second kappa shape index (κ2) is 8.72. The summed E-state index contributed by atoms with van der Waals surface area (Å²) in [6, 6.07) is 11.9. The number of anilines is 2. The lowest BCUT2D eigenvalue weighted by Crippen LogP contribution is -2.45. The Kier molecular flexibility index (Phi) is 6.34. The summed E-state index contributed by atoms with van der Waals surface area (Å²) < 4.78 is 0. The number of amides is 1. The molecule has 0 aliphatic carbocycles. The van der Waals surface area contributed by atoms with E-state index in [0.717, 1.165) is 31.7 Å². The fraction of sp³-hybridized carbons (Fsp3) is 0.429. The summed E-state index contributed by atoms with van der Waals surface area (Å²) in [5.41, 5.74) is 1.20. The lowest BCUT2D eigenvalue weighted by atomic mass is 10.0. The van der Waals surface area contributed by atoms with Crippen LogP contribution in [-0.2, 0) is 0 Å². The van der Waals surface area contributed by atoms with Crippen LogP contribution in [0.2, 0.25) is 5.02 Å². The lowest BCUT2D eigenvalue weighted by molar-refractivity contribution is 0.102. The highest BCUT2D eigenvalue weighted by Gasteiger charge is 2.24. The van der Waals surface area contributed by atoms with E-state index in [2.05, 4.69) is 41.0 Å². The molecule has 1 N–H and O–H groups in total. The molecule has 0 bridgehead atoms. The van der Waals surface area contributed by atoms with Gasteiger partial charge in [0, 0.05) is 49.1 Å². The van der Waals surface area contributed by atoms with Gasteiger partial charge in [-0.1, -0.05) is 17.7 Å². The van der Waals surface area contributed by atoms with Gasteiger partial charge < -0.3 is 15.1 Å². The molecule has 0 atom stereocenters. The van der Waals surface area contributed by atoms with Crippen LogP contribution in [0, 0.1) is 0 Å². The van der Waals surface area contributed by atoms with Crippen molar-refractivity contribution in [3.05, 3.63) is 53.2 Å². The molecule has 0 saturated carbocycles. The number of rotatable bonds is 5. The Balaban J connectivity index is 1.60. The van der Waals surface area contributed by atoms with E-state index in [1.54, 1.807) is 24.4 Å². The van der Waals surface area contributed by atoms with Gasteiger partial charge in [0.15, 0.2) is 0 Å². The van der Waals surface area contributed by atoms with Gasteiger partial charge in [0.05, 0.1) is 5.56 Å². The number of pyridine rings is 1. The van der Waals surface area contributed by atoms with Crippen molar-refractivity contribution in [1.82, 2.24) is 9.88 Å². The topological polar surface area (TPSA) is 48.5 Å². The second-order valence-electron chi connectivity index (χ2n) is 7.34. The maximum absolute atomic E-state index is 12.4. The summed E-state index contributed by atoms with van der Waals surface area (Å²) in [6.45, 7) is 6.73. The number of hydrogen-bond donors (Lipinski definition) is 1. The number of halogens is 1. The van der Waals surface area contributed by atoms with Crippen LogP contribution in [0.3, 0.4) is 0 Å². The maximum Gasteiger partial charge on any atom is 0.257 e. The zero-order valence-electron chi connectivity index (χ0n) is 16.2. The molecule has 0 radical (unpaired) electrons. The molecule has 1 fully saturated rings. The molecule has 1 aromatic heterocycles. The van der Waals surface area contributed by atoms with Crippen molar-refractivity contribution in [3.63, 3.8) is 0 Å². The number of nitrogens with one attached hydrogen (secondary N) is 1. The van der Waals surface area contributed by atoms with Gasteiger partial charge in [0.1, 0.15) is 5.82 Å². The van der Waals surface area contributed by atoms with Crippen LogP contribution in [-0.4, -0.2) is 48.0 Å². The normalized spacial score (nSPS) is 15.7. The van der Waals surface area contributed by atoms with Crippen molar-refractivity contribution in [2.24, 2.45) is 0 Å². The molecular formula is C21H27ClN4O. The molecule has 27 heavy (non-hydrogen) atoms. The van der Waals surface area contributed by atoms with Crippen molar-refractivity contribution in [1.29, 1.82) is 0 Å². The molecule has 2 aromatic rings. The molecule has 144 valence electrons. The first-order chi connectivity index (χ1) is 12.9. The average Bonchev–Trinajstić information content (AvgIpc) is 2.67. The van der Waals surface area contributed by atoms with Gasteiger partial charge in [0.2, 0.25) is 0 Å². The zero-order chi connectivity index (χ0) is 19.4. The van der Waals surface area contributed by atoms with Gasteiger partial charge in [0.25, 0.3) is 5.91 Å². The quantitative estimate of drug-likeness (QED) is 0.832. The van der Waals surface area contributed by atoms with Crippen LogP contribution < -0.4 is 10.2 Å². The fourth-order valence-electron chi connectivity index (χ4n) is 3.48. The predicted molar refractivity (Wildman–Crippen MR) is 112 cm³/mol. The third-order valence-corrected chi connectivity index (χ3v) is 5.47. The largest absolute Gasteiger partial charge is 0.357 e. The molecule has 1 aliphatic rings. The van der Waals surface area contributed by atoms with Crippen LogP contribution in [0.4, 0.5) is 11.5 Å². The fourth-order valence-corrected chi connectivity index (χ4v) is 3.67. The molecule has 6 heteroatoms. The number of carbonyl (C=O) groups is 1. The third-order valence-electron chi connectivity index (χ3n) is 5.23. The molecule has 3 rings (SSSR count). The molecule has 0 unspecified atom stereocenters. The van der Waals surface area contributed by atoms with Crippen molar-refractivity contribution >= 4 is 29.0 Å². The molecule has 1 amide bonds. The van der Waals surface area contributed by atoms with Crippen LogP contribution in [0.25, 0.3) is 0 Å². The molecule has 2 heterocycles. The van der Waals surface area contributed by atoms with E-state index in [4.69, 9.17) is 11.6 Å². The summed E-state index contributed by atoms with van der Waals surface area (Å²) >= 11 is 5.96. The predicted octanol–water partition coefficient (Wildman–Crippen LogP) is 4.30. The summed E-state index contributed by atoms with van der Waals surface area (Å²) in [6.07, 6.45) is 3.90. The Labute approximate surface area is 166 Å². The smallest absolute Gasteiger partial charge is 0.257 e. The average molecular weight is 387 g/mol. The van der Waals surface area contributed by atoms with Crippen LogP contribution in [0.15, 0.2) is 42.6 Å². The highest BCUT2D eigenvalue weighted by atomic mass is 35.5. The monoisotopic (exact) mass is 386 g/mol. The van der Waals surface area contributed by atoms with Crippen molar-refractivity contribution in [2.75, 3.05) is 30.4 Å². The van der Waals surface area contributed by atoms with Gasteiger partial charge in [-0.05, 0) is 57.0 Å². The van der Waals surface area contributed by atoms with Crippen molar-refractivity contribution in [2.45, 2.75) is 38.8 Å². The zero-order valence-corrected chi connectivity index (χ0v) is 16.9. The van der Waals surface area contributed by atoms with Crippen molar-refractivity contribution in [3.8, 4) is 0 Å². The minimum atomic E-state index is -0.191. The first-order valence-electron chi connectivity index (χ1n) is 9.44. The molecule has 1 aliphatic heterocycles. The van der Waals surface area contributed by atoms with Gasteiger partial charge in [-0.3, -0.25) is 4.79 Å². The highest BCUT2D eigenvalue weighted by molar-refractivity contribution is 6.30. The summed E-state index contributed by atoms with van der Waals surface area (Å²) in [5, 5.41) is 3.43. The minimum Gasteiger partial charge on any atom is -0.357 e. The highest BCUT2D eigenvalue weighted by Crippen LogP contribution is 2.22. The number of piperidine rings is 1. The Morgan fingerprint density at radius 2 is 2.00 bits per heavy atom. The first-order valence-corrected chi connectivity index (χ1v) is 9.81. The number of benzene rings is 1. The van der Waals surface area contributed by atoms with Gasteiger partial charge in [-0.2, -0.15) is 0 Å². The number of carbonyl (C=O) groups excluding carboxylic acids is 1. The number of likely N-dealkylation sites (tertiary alicyclic amines) is 1. The number of nitrogens with zero attached hydrogens (tertiary/aromatic N) is 3. The van der Waals surface area contributed by atoms with Crippen molar-refractivity contribution < 1.29 is 4.79 Å². The second-order valence-corrected chi connectivity index (χ2v) is 7.78. The summed E-state index contributed by atoms with van der Waals surface area (Å²) in [5.74, 6) is 0.710. The van der Waals surface area contributed by atoms with E-state index in [1.165, 1.54) is 0 Å². The molecule has 1 saturated heterocycles. The SMILES string of the molecule is CC(C)N1CCC(N(C)c2ccc(C(=O)Nc3cccc(Cl)c3)cn2)CC1. The van der Waals surface area contributed by atoms with E-state index in [9.17, 15) is 4.79 Å². The molecular weight excluding hydrogens is 360 g/mol. The van der Waals surface area contributed by atoms with Crippen LogP contribution in [0.5, 0.6) is 0 Å². The van der Waals surface area contributed by atoms with Crippen LogP contribution >= 0.6 is 11.6 Å². The van der Waals surface area contributed by atoms with Gasteiger partial charge in [-0.25, -0.2) is 4.98 Å². The van der Waals surface area contributed by atoms with E-state index in [1.807, 2.05) is 18.2 Å². The Morgan fingerprint density at radius 3 is 2.59 bits per heavy atom. The lowest BCUT2D eigenvalue weighted by Gasteiger charge is -2.39. The standard InChI is InChI=1S/C21H27ClN4O/c1-15(2)26-11-9-19(10-12-26)25(3)20-8-7-16(14-23-20)21(27)24-18-6-4-5-17(22)13-18/h4-8,13-15,19H,9-12H2,1-3H3,(H,24,27). The number of hydrogen-bond acceptors (Lipinski definition) is 4. The third kappa shape index (κ3) is 4.99. The van der Waals surface area contributed by atoms with E-state index in [0.29, 0.717) is 28.4 Å². The molecule has 0 spiro atoms. The van der Waals surface area contributed by atoms with Gasteiger partial charge >= 0.3 is 0 Å². The Morgan fingerprint density at radius 1 is 1.26 bits per heavy atom. The van der Waals surface area contributed by atoms with E-state index >= 15 is 0 Å². The Hall–Kier alpha value is -2.11.